The summed E-state index contributed by atoms with van der Waals surface area (Å²) < 4.78 is 0. The highest BCUT2D eigenvalue weighted by Crippen LogP contribution is 2.24. The standard InChI is InChI=1S/C16H21NS/c1-3-10-17-16(4-2)14-7-5-13(6-8-14)15-9-11-18-12-15/h5-9,11-12,16-17H,3-4,10H2,1-2H3. The van der Waals surface area contributed by atoms with E-state index in [0.717, 1.165) is 13.0 Å². The minimum Gasteiger partial charge on any atom is -0.310 e. The quantitative estimate of drug-likeness (QED) is 0.780. The van der Waals surface area contributed by atoms with Gasteiger partial charge in [0, 0.05) is 6.04 Å². The normalized spacial score (nSPS) is 12.6. The molecule has 1 nitrogen and oxygen atoms in total. The maximum atomic E-state index is 3.59. The van der Waals surface area contributed by atoms with Crippen molar-refractivity contribution < 1.29 is 0 Å². The van der Waals surface area contributed by atoms with Crippen LogP contribution in [0, 0.1) is 0 Å². The molecule has 2 aromatic rings. The van der Waals surface area contributed by atoms with Gasteiger partial charge in [-0.25, -0.2) is 0 Å². The summed E-state index contributed by atoms with van der Waals surface area (Å²) in [6.07, 6.45) is 2.32. The Hall–Kier alpha value is -1.12. The summed E-state index contributed by atoms with van der Waals surface area (Å²) in [5.74, 6) is 0. The summed E-state index contributed by atoms with van der Waals surface area (Å²) in [4.78, 5) is 0. The Kier molecular flexibility index (Phi) is 4.97. The molecule has 1 aromatic carbocycles. The minimum absolute atomic E-state index is 0.487. The lowest BCUT2D eigenvalue weighted by Crippen LogP contribution is -2.21. The zero-order chi connectivity index (χ0) is 12.8. The van der Waals surface area contributed by atoms with Gasteiger partial charge in [0.25, 0.3) is 0 Å². The first kappa shape index (κ1) is 13.3. The first-order valence-electron chi connectivity index (χ1n) is 6.71. The predicted octanol–water partition coefficient (Wildman–Crippen LogP) is 4.87. The van der Waals surface area contributed by atoms with Crippen molar-refractivity contribution in [3.63, 3.8) is 0 Å². The zero-order valence-corrected chi connectivity index (χ0v) is 12.0. The Morgan fingerprint density at radius 3 is 2.39 bits per heavy atom. The van der Waals surface area contributed by atoms with Crippen LogP contribution in [0.2, 0.25) is 0 Å². The van der Waals surface area contributed by atoms with E-state index in [0.29, 0.717) is 6.04 Å². The van der Waals surface area contributed by atoms with Crippen molar-refractivity contribution in [3.05, 3.63) is 46.7 Å². The van der Waals surface area contributed by atoms with E-state index in [1.54, 1.807) is 11.3 Å². The van der Waals surface area contributed by atoms with Gasteiger partial charge in [-0.2, -0.15) is 11.3 Å². The van der Waals surface area contributed by atoms with Crippen LogP contribution in [0.4, 0.5) is 0 Å². The average Bonchev–Trinajstić information content (AvgIpc) is 2.94. The van der Waals surface area contributed by atoms with Gasteiger partial charge in [0.2, 0.25) is 0 Å². The molecule has 1 aromatic heterocycles. The van der Waals surface area contributed by atoms with Gasteiger partial charge >= 0.3 is 0 Å². The second-order valence-corrected chi connectivity index (χ2v) is 5.33. The Morgan fingerprint density at radius 1 is 1.06 bits per heavy atom. The highest BCUT2D eigenvalue weighted by atomic mass is 32.1. The van der Waals surface area contributed by atoms with Gasteiger partial charge in [-0.15, -0.1) is 0 Å². The molecule has 0 saturated heterocycles. The lowest BCUT2D eigenvalue weighted by molar-refractivity contribution is 0.518. The second kappa shape index (κ2) is 6.72. The lowest BCUT2D eigenvalue weighted by atomic mass is 10.0. The molecule has 1 N–H and O–H groups in total. The van der Waals surface area contributed by atoms with Crippen molar-refractivity contribution in [2.24, 2.45) is 0 Å². The number of thiophene rings is 1. The molecule has 0 amide bonds. The van der Waals surface area contributed by atoms with Gasteiger partial charge < -0.3 is 5.32 Å². The van der Waals surface area contributed by atoms with Crippen LogP contribution in [0.1, 0.15) is 38.3 Å². The van der Waals surface area contributed by atoms with Crippen LogP contribution in [-0.2, 0) is 0 Å². The smallest absolute Gasteiger partial charge is 0.0317 e. The molecule has 0 radical (unpaired) electrons. The summed E-state index contributed by atoms with van der Waals surface area (Å²) in [6, 6.07) is 11.6. The number of hydrogen-bond acceptors (Lipinski definition) is 2. The van der Waals surface area contributed by atoms with Crippen LogP contribution in [-0.4, -0.2) is 6.54 Å². The van der Waals surface area contributed by atoms with E-state index in [-0.39, 0.29) is 0 Å². The van der Waals surface area contributed by atoms with E-state index in [4.69, 9.17) is 0 Å². The second-order valence-electron chi connectivity index (χ2n) is 4.55. The molecule has 0 aliphatic heterocycles. The highest BCUT2D eigenvalue weighted by Gasteiger charge is 2.08. The van der Waals surface area contributed by atoms with Gasteiger partial charge in [0.1, 0.15) is 0 Å². The van der Waals surface area contributed by atoms with Gasteiger partial charge in [0.15, 0.2) is 0 Å². The van der Waals surface area contributed by atoms with Gasteiger partial charge in [-0.05, 0) is 52.9 Å². The zero-order valence-electron chi connectivity index (χ0n) is 11.1. The lowest BCUT2D eigenvalue weighted by Gasteiger charge is -2.17. The topological polar surface area (TPSA) is 12.0 Å². The Morgan fingerprint density at radius 2 is 1.83 bits per heavy atom. The molecule has 0 aliphatic rings. The molecule has 2 heteroatoms. The molecule has 0 fully saturated rings. The Balaban J connectivity index is 2.11. The van der Waals surface area contributed by atoms with Crippen molar-refractivity contribution >= 4 is 11.3 Å². The third-order valence-corrected chi connectivity index (χ3v) is 3.90. The monoisotopic (exact) mass is 259 g/mol. The molecular formula is C16H21NS. The molecule has 18 heavy (non-hydrogen) atoms. The Bertz CT molecular complexity index is 444. The molecule has 1 atom stereocenters. The van der Waals surface area contributed by atoms with Crippen molar-refractivity contribution in [1.29, 1.82) is 0 Å². The molecule has 0 saturated carbocycles. The maximum Gasteiger partial charge on any atom is 0.0317 e. The fourth-order valence-electron chi connectivity index (χ4n) is 2.15. The summed E-state index contributed by atoms with van der Waals surface area (Å²) in [5, 5.41) is 7.91. The molecule has 0 bridgehead atoms. The van der Waals surface area contributed by atoms with Crippen LogP contribution < -0.4 is 5.32 Å². The molecule has 0 spiro atoms. The summed E-state index contributed by atoms with van der Waals surface area (Å²) in [6.45, 7) is 5.53. The van der Waals surface area contributed by atoms with Crippen LogP contribution in [0.5, 0.6) is 0 Å². The molecule has 1 unspecified atom stereocenters. The largest absolute Gasteiger partial charge is 0.310 e. The van der Waals surface area contributed by atoms with Crippen molar-refractivity contribution in [1.82, 2.24) is 5.32 Å². The summed E-state index contributed by atoms with van der Waals surface area (Å²) in [7, 11) is 0. The van der Waals surface area contributed by atoms with E-state index in [1.165, 1.54) is 23.1 Å². The van der Waals surface area contributed by atoms with Gasteiger partial charge in [-0.3, -0.25) is 0 Å². The first-order chi connectivity index (χ1) is 8.85. The van der Waals surface area contributed by atoms with E-state index < -0.39 is 0 Å². The van der Waals surface area contributed by atoms with Crippen LogP contribution in [0.25, 0.3) is 11.1 Å². The third kappa shape index (κ3) is 3.21. The third-order valence-electron chi connectivity index (χ3n) is 3.22. The van der Waals surface area contributed by atoms with E-state index in [9.17, 15) is 0 Å². The molecular weight excluding hydrogens is 238 g/mol. The van der Waals surface area contributed by atoms with Gasteiger partial charge in [0.05, 0.1) is 0 Å². The summed E-state index contributed by atoms with van der Waals surface area (Å²) in [5.41, 5.74) is 4.02. The van der Waals surface area contributed by atoms with Gasteiger partial charge in [-0.1, -0.05) is 38.1 Å². The average molecular weight is 259 g/mol. The van der Waals surface area contributed by atoms with E-state index in [1.807, 2.05) is 0 Å². The van der Waals surface area contributed by atoms with Crippen molar-refractivity contribution in [2.75, 3.05) is 6.54 Å². The first-order valence-corrected chi connectivity index (χ1v) is 7.65. The minimum atomic E-state index is 0.487. The molecule has 1 heterocycles. The van der Waals surface area contributed by atoms with E-state index in [2.05, 4.69) is 60.3 Å². The number of hydrogen-bond donors (Lipinski definition) is 1. The molecule has 0 aliphatic carbocycles. The Labute approximate surface area is 114 Å². The fourth-order valence-corrected chi connectivity index (χ4v) is 2.82. The molecule has 96 valence electrons. The number of benzene rings is 1. The van der Waals surface area contributed by atoms with Crippen molar-refractivity contribution in [3.8, 4) is 11.1 Å². The SMILES string of the molecule is CCCNC(CC)c1ccc(-c2ccsc2)cc1. The van der Waals surface area contributed by atoms with E-state index >= 15 is 0 Å². The number of rotatable bonds is 6. The maximum absolute atomic E-state index is 3.59. The van der Waals surface area contributed by atoms with Crippen LogP contribution in [0.3, 0.4) is 0 Å². The van der Waals surface area contributed by atoms with Crippen molar-refractivity contribution in [2.45, 2.75) is 32.7 Å². The fraction of sp³-hybridized carbons (Fsp3) is 0.375. The number of nitrogens with one attached hydrogen (secondary N) is 1. The van der Waals surface area contributed by atoms with Crippen LogP contribution in [0.15, 0.2) is 41.1 Å². The molecule has 2 rings (SSSR count). The highest BCUT2D eigenvalue weighted by molar-refractivity contribution is 7.08. The van der Waals surface area contributed by atoms with Crippen LogP contribution >= 0.6 is 11.3 Å². The predicted molar refractivity (Wildman–Crippen MR) is 81.1 cm³/mol. The summed E-state index contributed by atoms with van der Waals surface area (Å²) >= 11 is 1.75.